The molecule has 0 radical (unpaired) electrons. The van der Waals surface area contributed by atoms with Crippen molar-refractivity contribution in [3.8, 4) is 0 Å². The Bertz CT molecular complexity index is 417. The lowest BCUT2D eigenvalue weighted by atomic mass is 9.49. The van der Waals surface area contributed by atoms with Crippen LogP contribution in [0.4, 0.5) is 0 Å². The van der Waals surface area contributed by atoms with E-state index < -0.39 is 0 Å². The van der Waals surface area contributed by atoms with Crippen molar-refractivity contribution in [1.82, 2.24) is 0 Å². The molecule has 0 spiro atoms. The summed E-state index contributed by atoms with van der Waals surface area (Å²) < 4.78 is 0. The van der Waals surface area contributed by atoms with Crippen LogP contribution in [0, 0.1) is 23.2 Å². The molecule has 0 aromatic rings. The monoisotopic (exact) mass is 263 g/mol. The van der Waals surface area contributed by atoms with Crippen LogP contribution in [0.2, 0.25) is 0 Å². The number of Topliss-reactive ketones (excluding diaryl/α,β-unsaturated/α-hetero) is 1. The molecule has 4 rings (SSSR count). The zero-order chi connectivity index (χ0) is 13.6. The molecule has 0 aromatic heterocycles. The van der Waals surface area contributed by atoms with Crippen LogP contribution < -0.4 is 0 Å². The number of oxime groups is 1. The number of nitrogens with zero attached hydrogens (tertiary/aromatic N) is 1. The molecule has 0 N–H and O–H groups in total. The Morgan fingerprint density at radius 2 is 1.47 bits per heavy atom. The first kappa shape index (κ1) is 12.8. The quantitative estimate of drug-likeness (QED) is 0.447. The fourth-order valence-electron chi connectivity index (χ4n) is 4.63. The summed E-state index contributed by atoms with van der Waals surface area (Å²) in [5.41, 5.74) is -0.0342. The van der Waals surface area contributed by atoms with Gasteiger partial charge in [-0.1, -0.05) is 5.16 Å². The molecule has 0 aromatic carbocycles. The molecule has 0 amide bonds. The first-order chi connectivity index (χ1) is 8.98. The molecule has 4 saturated carbocycles. The summed E-state index contributed by atoms with van der Waals surface area (Å²) in [6, 6.07) is 0. The topological polar surface area (TPSA) is 55.7 Å². The van der Waals surface area contributed by atoms with E-state index in [4.69, 9.17) is 4.84 Å². The second-order valence-corrected chi connectivity index (χ2v) is 6.81. The molecule has 0 atom stereocenters. The maximum atomic E-state index is 12.4. The lowest BCUT2D eigenvalue weighted by Crippen LogP contribution is -2.50. The van der Waals surface area contributed by atoms with Gasteiger partial charge in [0.2, 0.25) is 0 Å². The van der Waals surface area contributed by atoms with Gasteiger partial charge in [-0.2, -0.15) is 0 Å². The fraction of sp³-hybridized carbons (Fsp3) is 0.800. The van der Waals surface area contributed by atoms with Gasteiger partial charge < -0.3 is 4.84 Å². The second kappa shape index (κ2) is 4.43. The molecule has 0 saturated heterocycles. The van der Waals surface area contributed by atoms with Crippen LogP contribution in [-0.4, -0.2) is 17.5 Å². The molecule has 0 unspecified atom stereocenters. The molecule has 0 aliphatic heterocycles. The van der Waals surface area contributed by atoms with E-state index >= 15 is 0 Å². The highest BCUT2D eigenvalue weighted by molar-refractivity contribution is 6.37. The van der Waals surface area contributed by atoms with Crippen molar-refractivity contribution >= 4 is 17.5 Å². The van der Waals surface area contributed by atoms with E-state index in [2.05, 4.69) is 5.16 Å². The zero-order valence-electron chi connectivity index (χ0n) is 11.6. The van der Waals surface area contributed by atoms with E-state index in [1.807, 2.05) is 0 Å². The van der Waals surface area contributed by atoms with Crippen LogP contribution in [0.15, 0.2) is 5.16 Å². The normalized spacial score (nSPS) is 40.3. The summed E-state index contributed by atoms with van der Waals surface area (Å²) in [5.74, 6) is 1.76. The van der Waals surface area contributed by atoms with Gasteiger partial charge in [0.15, 0.2) is 5.78 Å². The maximum absolute atomic E-state index is 12.4. The van der Waals surface area contributed by atoms with Gasteiger partial charge >= 0.3 is 5.97 Å². The van der Waals surface area contributed by atoms with Crippen molar-refractivity contribution in [1.29, 1.82) is 0 Å². The largest absolute Gasteiger partial charge is 0.341 e. The van der Waals surface area contributed by atoms with E-state index in [9.17, 15) is 9.59 Å². The van der Waals surface area contributed by atoms with Gasteiger partial charge in [0, 0.05) is 6.92 Å². The first-order valence-electron chi connectivity index (χ1n) is 7.25. The van der Waals surface area contributed by atoms with Crippen LogP contribution in [0.5, 0.6) is 0 Å². The van der Waals surface area contributed by atoms with Gasteiger partial charge in [0.1, 0.15) is 5.71 Å². The first-order valence-corrected chi connectivity index (χ1v) is 7.25. The van der Waals surface area contributed by atoms with Gasteiger partial charge in [-0.15, -0.1) is 0 Å². The molecule has 4 bridgehead atoms. The highest BCUT2D eigenvalue weighted by Crippen LogP contribution is 2.60. The molecule has 104 valence electrons. The Morgan fingerprint density at radius 1 is 1.00 bits per heavy atom. The number of hydrogen-bond donors (Lipinski definition) is 0. The maximum Gasteiger partial charge on any atom is 0.341 e. The van der Waals surface area contributed by atoms with Gasteiger partial charge in [-0.05, 0) is 63.2 Å². The summed E-state index contributed by atoms with van der Waals surface area (Å²) >= 11 is 0. The minimum Gasteiger partial charge on any atom is -0.317 e. The van der Waals surface area contributed by atoms with E-state index in [1.54, 1.807) is 6.92 Å². The third-order valence-corrected chi connectivity index (χ3v) is 5.25. The van der Waals surface area contributed by atoms with Crippen molar-refractivity contribution in [2.24, 2.45) is 28.3 Å². The van der Waals surface area contributed by atoms with Crippen LogP contribution in [0.25, 0.3) is 0 Å². The van der Waals surface area contributed by atoms with E-state index in [-0.39, 0.29) is 22.9 Å². The van der Waals surface area contributed by atoms with Gasteiger partial charge in [0.25, 0.3) is 0 Å². The van der Waals surface area contributed by atoms with Crippen LogP contribution >= 0.6 is 0 Å². The molecule has 0 heterocycles. The zero-order valence-corrected chi connectivity index (χ0v) is 11.6. The number of hydrogen-bond acceptors (Lipinski definition) is 4. The number of carbonyl (C=O) groups is 2. The Labute approximate surface area is 113 Å². The highest BCUT2D eigenvalue weighted by atomic mass is 16.7. The SMILES string of the molecule is CC(=O)/C(C)=N/OC(=O)C12CC3CC(CC(C3)C1)C2. The molecule has 4 aliphatic rings. The summed E-state index contributed by atoms with van der Waals surface area (Å²) in [5, 5.41) is 3.70. The van der Waals surface area contributed by atoms with Crippen LogP contribution in [0.1, 0.15) is 52.4 Å². The summed E-state index contributed by atoms with van der Waals surface area (Å²) in [4.78, 5) is 28.5. The van der Waals surface area contributed by atoms with Crippen molar-refractivity contribution in [3.05, 3.63) is 0 Å². The Hall–Kier alpha value is -1.19. The van der Waals surface area contributed by atoms with Gasteiger partial charge in [-0.3, -0.25) is 4.79 Å². The van der Waals surface area contributed by atoms with Crippen LogP contribution in [-0.2, 0) is 14.4 Å². The minimum absolute atomic E-state index is 0.154. The predicted molar refractivity (Wildman–Crippen MR) is 70.5 cm³/mol. The molecule has 4 nitrogen and oxygen atoms in total. The molecule has 19 heavy (non-hydrogen) atoms. The Kier molecular flexibility index (Phi) is 2.99. The highest BCUT2D eigenvalue weighted by Gasteiger charge is 2.55. The second-order valence-electron chi connectivity index (χ2n) is 6.81. The number of carbonyl (C=O) groups excluding carboxylic acids is 2. The van der Waals surface area contributed by atoms with Crippen LogP contribution in [0.3, 0.4) is 0 Å². The van der Waals surface area contributed by atoms with Crippen molar-refractivity contribution in [2.45, 2.75) is 52.4 Å². The van der Waals surface area contributed by atoms with Gasteiger partial charge in [0.05, 0.1) is 5.41 Å². The third kappa shape index (κ3) is 2.21. The van der Waals surface area contributed by atoms with E-state index in [0.29, 0.717) is 17.8 Å². The summed E-state index contributed by atoms with van der Waals surface area (Å²) in [6.45, 7) is 3.01. The third-order valence-electron chi connectivity index (χ3n) is 5.25. The predicted octanol–water partition coefficient (Wildman–Crippen LogP) is 2.71. The average molecular weight is 263 g/mol. The number of ketones is 1. The molecular weight excluding hydrogens is 242 g/mol. The van der Waals surface area contributed by atoms with E-state index in [1.165, 1.54) is 26.2 Å². The Morgan fingerprint density at radius 3 is 1.89 bits per heavy atom. The average Bonchev–Trinajstić information content (AvgIpc) is 2.33. The summed E-state index contributed by atoms with van der Waals surface area (Å²) in [7, 11) is 0. The summed E-state index contributed by atoms with van der Waals surface area (Å²) in [6.07, 6.45) is 6.78. The van der Waals surface area contributed by atoms with Gasteiger partial charge in [-0.25, -0.2) is 4.79 Å². The van der Waals surface area contributed by atoms with Crippen molar-refractivity contribution in [3.63, 3.8) is 0 Å². The lowest BCUT2D eigenvalue weighted by molar-refractivity contribution is -0.171. The Balaban J connectivity index is 1.73. The molecule has 4 aliphatic carbocycles. The fourth-order valence-corrected chi connectivity index (χ4v) is 4.63. The molecular formula is C15H21NO3. The van der Waals surface area contributed by atoms with Crippen molar-refractivity contribution in [2.75, 3.05) is 0 Å². The molecule has 4 fully saturated rings. The number of rotatable bonds is 3. The lowest BCUT2D eigenvalue weighted by Gasteiger charge is -2.54. The standard InChI is InChI=1S/C15H21NO3/c1-9(10(2)17)16-19-14(18)15-6-11-3-12(7-15)5-13(4-11)8-15/h11-13H,3-8H2,1-2H3/b16-9+. The molecule has 4 heteroatoms. The van der Waals surface area contributed by atoms with Crippen molar-refractivity contribution < 1.29 is 14.4 Å². The van der Waals surface area contributed by atoms with E-state index in [0.717, 1.165) is 19.3 Å². The minimum atomic E-state index is -0.296. The smallest absolute Gasteiger partial charge is 0.317 e.